The molecule has 124 valence electrons. The van der Waals surface area contributed by atoms with E-state index >= 15 is 0 Å². The lowest BCUT2D eigenvalue weighted by Gasteiger charge is -2.14. The predicted octanol–water partition coefficient (Wildman–Crippen LogP) is 2.36. The van der Waals surface area contributed by atoms with Gasteiger partial charge in [0.25, 0.3) is 5.56 Å². The molecule has 1 aliphatic heterocycles. The average molecular weight is 341 g/mol. The number of likely N-dealkylation sites (tertiary alicyclic amines) is 1. The fourth-order valence-corrected chi connectivity index (χ4v) is 3.72. The van der Waals surface area contributed by atoms with E-state index in [0.717, 1.165) is 6.54 Å². The summed E-state index contributed by atoms with van der Waals surface area (Å²) in [4.78, 5) is 18.9. The molecule has 6 nitrogen and oxygen atoms in total. The van der Waals surface area contributed by atoms with E-state index in [9.17, 15) is 4.79 Å². The van der Waals surface area contributed by atoms with Gasteiger partial charge < -0.3 is 5.32 Å². The highest BCUT2D eigenvalue weighted by Gasteiger charge is 2.11. The summed E-state index contributed by atoms with van der Waals surface area (Å²) in [7, 11) is 0. The smallest absolute Gasteiger partial charge is 0.275 e. The summed E-state index contributed by atoms with van der Waals surface area (Å²) in [5.74, 6) is 0. The van der Waals surface area contributed by atoms with Crippen LogP contribution in [0.15, 0.2) is 41.3 Å². The molecular formula is C17H19N5OS. The molecule has 1 aromatic carbocycles. The molecular weight excluding hydrogens is 322 g/mol. The Balaban J connectivity index is 1.39. The normalized spacial score (nSPS) is 15.2. The van der Waals surface area contributed by atoms with Crippen molar-refractivity contribution < 1.29 is 0 Å². The van der Waals surface area contributed by atoms with Crippen LogP contribution in [0.3, 0.4) is 0 Å². The Morgan fingerprint density at radius 3 is 2.58 bits per heavy atom. The Kier molecular flexibility index (Phi) is 4.27. The zero-order valence-electron chi connectivity index (χ0n) is 13.3. The van der Waals surface area contributed by atoms with E-state index in [-0.39, 0.29) is 5.56 Å². The summed E-state index contributed by atoms with van der Waals surface area (Å²) >= 11 is 1.38. The molecule has 3 aromatic rings. The highest BCUT2D eigenvalue weighted by atomic mass is 32.1. The van der Waals surface area contributed by atoms with E-state index in [0.29, 0.717) is 16.6 Å². The molecule has 0 radical (unpaired) electrons. The van der Waals surface area contributed by atoms with Crippen molar-refractivity contribution in [3.63, 3.8) is 0 Å². The lowest BCUT2D eigenvalue weighted by Crippen LogP contribution is -2.18. The van der Waals surface area contributed by atoms with Crippen LogP contribution in [-0.2, 0) is 13.1 Å². The van der Waals surface area contributed by atoms with Crippen molar-refractivity contribution in [2.75, 3.05) is 18.4 Å². The molecule has 2 aromatic heterocycles. The first-order valence-corrected chi connectivity index (χ1v) is 8.98. The van der Waals surface area contributed by atoms with Crippen LogP contribution in [0.5, 0.6) is 0 Å². The Morgan fingerprint density at radius 2 is 1.83 bits per heavy atom. The summed E-state index contributed by atoms with van der Waals surface area (Å²) in [5, 5.41) is 8.22. The van der Waals surface area contributed by atoms with Crippen molar-refractivity contribution in [1.82, 2.24) is 19.5 Å². The molecule has 24 heavy (non-hydrogen) atoms. The highest BCUT2D eigenvalue weighted by Crippen LogP contribution is 2.17. The van der Waals surface area contributed by atoms with E-state index in [1.54, 1.807) is 0 Å². The average Bonchev–Trinajstić information content (AvgIpc) is 3.24. The van der Waals surface area contributed by atoms with Gasteiger partial charge in [-0.25, -0.2) is 4.98 Å². The minimum absolute atomic E-state index is 0.157. The highest BCUT2D eigenvalue weighted by molar-refractivity contribution is 7.20. The number of hydrogen-bond donors (Lipinski definition) is 1. The molecule has 1 N–H and O–H groups in total. The van der Waals surface area contributed by atoms with Crippen molar-refractivity contribution >= 4 is 21.4 Å². The number of benzene rings is 1. The van der Waals surface area contributed by atoms with Gasteiger partial charge in [-0.1, -0.05) is 35.6 Å². The molecule has 0 atom stereocenters. The third-order valence-corrected chi connectivity index (χ3v) is 5.12. The molecule has 0 amide bonds. The van der Waals surface area contributed by atoms with Crippen LogP contribution in [0.25, 0.3) is 4.96 Å². The molecule has 1 fully saturated rings. The number of nitrogens with one attached hydrogen (secondary N) is 1. The Morgan fingerprint density at radius 1 is 1.08 bits per heavy atom. The van der Waals surface area contributed by atoms with Crippen LogP contribution in [0, 0.1) is 0 Å². The number of aromatic nitrogens is 3. The second-order valence-corrected chi connectivity index (χ2v) is 6.99. The van der Waals surface area contributed by atoms with Crippen LogP contribution in [0.4, 0.5) is 5.13 Å². The Bertz CT molecular complexity index is 880. The van der Waals surface area contributed by atoms with Gasteiger partial charge in [-0.2, -0.15) is 4.52 Å². The summed E-state index contributed by atoms with van der Waals surface area (Å²) < 4.78 is 1.33. The number of anilines is 1. The van der Waals surface area contributed by atoms with Crippen molar-refractivity contribution in [3.05, 3.63) is 58.0 Å². The van der Waals surface area contributed by atoms with Crippen LogP contribution >= 0.6 is 11.3 Å². The minimum Gasteiger partial charge on any atom is -0.356 e. The summed E-state index contributed by atoms with van der Waals surface area (Å²) in [6.07, 6.45) is 4.16. The molecule has 0 aliphatic carbocycles. The fraction of sp³-hybridized carbons (Fsp3) is 0.353. The van der Waals surface area contributed by atoms with E-state index in [1.165, 1.54) is 65.2 Å². The summed E-state index contributed by atoms with van der Waals surface area (Å²) in [6, 6.07) is 10.1. The number of hydrogen-bond acceptors (Lipinski definition) is 6. The molecule has 4 rings (SSSR count). The van der Waals surface area contributed by atoms with Gasteiger partial charge in [-0.05, 0) is 37.1 Å². The first-order chi connectivity index (χ1) is 11.8. The van der Waals surface area contributed by atoms with E-state index in [1.807, 2.05) is 0 Å². The van der Waals surface area contributed by atoms with Crippen molar-refractivity contribution in [2.45, 2.75) is 25.9 Å². The van der Waals surface area contributed by atoms with Crippen LogP contribution in [-0.4, -0.2) is 32.6 Å². The van der Waals surface area contributed by atoms with Crippen LogP contribution < -0.4 is 10.9 Å². The van der Waals surface area contributed by atoms with Gasteiger partial charge in [0.05, 0.1) is 0 Å². The molecule has 3 heterocycles. The lowest BCUT2D eigenvalue weighted by atomic mass is 10.1. The summed E-state index contributed by atoms with van der Waals surface area (Å²) in [6.45, 7) is 4.15. The maximum atomic E-state index is 11.7. The van der Waals surface area contributed by atoms with Gasteiger partial charge in [-0.3, -0.25) is 9.69 Å². The van der Waals surface area contributed by atoms with Gasteiger partial charge >= 0.3 is 0 Å². The lowest BCUT2D eigenvalue weighted by molar-refractivity contribution is 0.331. The molecule has 0 bridgehead atoms. The second-order valence-electron chi connectivity index (χ2n) is 6.04. The topological polar surface area (TPSA) is 62.5 Å². The number of rotatable bonds is 5. The summed E-state index contributed by atoms with van der Waals surface area (Å²) in [5.41, 5.74) is 2.40. The largest absolute Gasteiger partial charge is 0.356 e. The first-order valence-electron chi connectivity index (χ1n) is 8.17. The quantitative estimate of drug-likeness (QED) is 0.772. The van der Waals surface area contributed by atoms with Crippen molar-refractivity contribution in [1.29, 1.82) is 0 Å². The van der Waals surface area contributed by atoms with Gasteiger partial charge in [-0.15, -0.1) is 5.10 Å². The molecule has 0 spiro atoms. The van der Waals surface area contributed by atoms with Gasteiger partial charge in [0.1, 0.15) is 0 Å². The van der Waals surface area contributed by atoms with E-state index in [4.69, 9.17) is 0 Å². The third-order valence-electron chi connectivity index (χ3n) is 4.24. The molecule has 0 unspecified atom stereocenters. The standard InChI is InChI=1S/C17H19N5OS/c23-15-7-8-18-17-22(15)20-16(24-17)19-11-13-3-5-14(6-4-13)12-21-9-1-2-10-21/h3-8H,1-2,9-12H2,(H,19,20). The molecule has 0 saturated carbocycles. The third kappa shape index (κ3) is 3.32. The number of nitrogens with zero attached hydrogens (tertiary/aromatic N) is 4. The maximum Gasteiger partial charge on any atom is 0.275 e. The second kappa shape index (κ2) is 6.70. The van der Waals surface area contributed by atoms with Crippen LogP contribution in [0.2, 0.25) is 0 Å². The Hall–Kier alpha value is -2.25. The van der Waals surface area contributed by atoms with Crippen molar-refractivity contribution in [2.24, 2.45) is 0 Å². The number of fused-ring (bicyclic) bond motifs is 1. The SMILES string of the molecule is O=c1ccnc2sc(NCc3ccc(CN4CCCC4)cc3)nn12. The molecule has 7 heteroatoms. The molecule has 1 saturated heterocycles. The zero-order valence-corrected chi connectivity index (χ0v) is 14.1. The minimum atomic E-state index is -0.157. The van der Waals surface area contributed by atoms with Crippen LogP contribution in [0.1, 0.15) is 24.0 Å². The van der Waals surface area contributed by atoms with E-state index in [2.05, 4.69) is 44.6 Å². The van der Waals surface area contributed by atoms with Gasteiger partial charge in [0, 0.05) is 25.4 Å². The van der Waals surface area contributed by atoms with Crippen molar-refractivity contribution in [3.8, 4) is 0 Å². The van der Waals surface area contributed by atoms with Gasteiger partial charge in [0.2, 0.25) is 10.1 Å². The van der Waals surface area contributed by atoms with E-state index < -0.39 is 0 Å². The zero-order chi connectivity index (χ0) is 16.4. The van der Waals surface area contributed by atoms with Gasteiger partial charge in [0.15, 0.2) is 0 Å². The first kappa shape index (κ1) is 15.3. The fourth-order valence-electron chi connectivity index (χ4n) is 2.95. The monoisotopic (exact) mass is 341 g/mol. The predicted molar refractivity (Wildman–Crippen MR) is 95.4 cm³/mol. The maximum absolute atomic E-state index is 11.7. The molecule has 1 aliphatic rings. The Labute approximate surface area is 143 Å².